The number of aromatic nitrogens is 1. The van der Waals surface area contributed by atoms with Gasteiger partial charge < -0.3 is 15.4 Å². The SMILES string of the molecule is CCNC(C)(CSc1cc2ccccc2[nH]1)C(=O)O. The standard InChI is InChI=1S/C14H18N2O2S/c1-3-15-14(2,13(17)18)9-19-12-8-10-6-4-5-7-11(10)16-12/h4-8,15-16H,3,9H2,1-2H3,(H,17,18). The quantitative estimate of drug-likeness (QED) is 0.711. The van der Waals surface area contributed by atoms with E-state index in [1.54, 1.807) is 6.92 Å². The summed E-state index contributed by atoms with van der Waals surface area (Å²) in [5, 5.41) is 14.5. The van der Waals surface area contributed by atoms with Crippen molar-refractivity contribution < 1.29 is 9.90 Å². The molecule has 19 heavy (non-hydrogen) atoms. The number of rotatable bonds is 6. The number of hydrogen-bond donors (Lipinski definition) is 3. The van der Waals surface area contributed by atoms with E-state index in [4.69, 9.17) is 0 Å². The predicted octanol–water partition coefficient (Wildman–Crippen LogP) is 2.71. The van der Waals surface area contributed by atoms with Gasteiger partial charge in [-0.1, -0.05) is 25.1 Å². The zero-order valence-electron chi connectivity index (χ0n) is 11.1. The molecule has 3 N–H and O–H groups in total. The zero-order chi connectivity index (χ0) is 13.9. The highest BCUT2D eigenvalue weighted by Gasteiger charge is 2.32. The third-order valence-electron chi connectivity index (χ3n) is 3.06. The molecule has 0 spiro atoms. The molecule has 5 heteroatoms. The first-order valence-corrected chi connectivity index (χ1v) is 7.23. The van der Waals surface area contributed by atoms with Crippen LogP contribution in [-0.4, -0.2) is 33.9 Å². The number of nitrogens with one attached hydrogen (secondary N) is 2. The second kappa shape index (κ2) is 5.67. The Morgan fingerprint density at radius 1 is 1.47 bits per heavy atom. The molecule has 0 aliphatic heterocycles. The summed E-state index contributed by atoms with van der Waals surface area (Å²) in [5.74, 6) is -0.346. The number of likely N-dealkylation sites (N-methyl/N-ethyl adjacent to an activating group) is 1. The molecule has 4 nitrogen and oxygen atoms in total. The van der Waals surface area contributed by atoms with Crippen molar-refractivity contribution in [1.29, 1.82) is 0 Å². The molecule has 102 valence electrons. The number of fused-ring (bicyclic) bond motifs is 1. The van der Waals surface area contributed by atoms with Crippen LogP contribution in [0.3, 0.4) is 0 Å². The maximum atomic E-state index is 11.3. The number of aliphatic carboxylic acids is 1. The smallest absolute Gasteiger partial charge is 0.324 e. The van der Waals surface area contributed by atoms with Crippen LogP contribution >= 0.6 is 11.8 Å². The summed E-state index contributed by atoms with van der Waals surface area (Å²) in [6.07, 6.45) is 0. The van der Waals surface area contributed by atoms with E-state index in [1.807, 2.05) is 37.3 Å². The van der Waals surface area contributed by atoms with Gasteiger partial charge in [0.15, 0.2) is 0 Å². The third-order valence-corrected chi connectivity index (χ3v) is 4.31. The van der Waals surface area contributed by atoms with Gasteiger partial charge >= 0.3 is 5.97 Å². The van der Waals surface area contributed by atoms with Crippen LogP contribution in [0.1, 0.15) is 13.8 Å². The van der Waals surface area contributed by atoms with E-state index < -0.39 is 11.5 Å². The molecule has 1 heterocycles. The number of benzene rings is 1. The Labute approximate surface area is 116 Å². The summed E-state index contributed by atoms with van der Waals surface area (Å²) >= 11 is 1.52. The van der Waals surface area contributed by atoms with Gasteiger partial charge in [0, 0.05) is 16.7 Å². The van der Waals surface area contributed by atoms with Crippen LogP contribution in [0, 0.1) is 0 Å². The van der Waals surface area contributed by atoms with Crippen LogP contribution in [0.5, 0.6) is 0 Å². The molecular formula is C14H18N2O2S. The van der Waals surface area contributed by atoms with Crippen molar-refractivity contribution in [1.82, 2.24) is 10.3 Å². The van der Waals surface area contributed by atoms with E-state index in [1.165, 1.54) is 11.8 Å². The number of thioether (sulfide) groups is 1. The predicted molar refractivity (Wildman–Crippen MR) is 78.7 cm³/mol. The van der Waals surface area contributed by atoms with Crippen molar-refractivity contribution >= 4 is 28.6 Å². The Morgan fingerprint density at radius 2 is 2.21 bits per heavy atom. The zero-order valence-corrected chi connectivity index (χ0v) is 11.9. The molecule has 0 amide bonds. The fraction of sp³-hybridized carbons (Fsp3) is 0.357. The second-order valence-electron chi connectivity index (χ2n) is 4.68. The van der Waals surface area contributed by atoms with Crippen LogP contribution in [0.4, 0.5) is 0 Å². The highest BCUT2D eigenvalue weighted by molar-refractivity contribution is 7.99. The summed E-state index contributed by atoms with van der Waals surface area (Å²) in [5.41, 5.74) is 0.168. The lowest BCUT2D eigenvalue weighted by atomic mass is 10.1. The number of carbonyl (C=O) groups is 1. The lowest BCUT2D eigenvalue weighted by Gasteiger charge is -2.24. The minimum atomic E-state index is -0.906. The molecule has 0 fully saturated rings. The topological polar surface area (TPSA) is 65.1 Å². The Balaban J connectivity index is 2.10. The lowest BCUT2D eigenvalue weighted by molar-refractivity contribution is -0.143. The Kier molecular flexibility index (Phi) is 4.17. The monoisotopic (exact) mass is 278 g/mol. The van der Waals surface area contributed by atoms with Gasteiger partial charge in [-0.15, -0.1) is 11.8 Å². The molecule has 1 aromatic carbocycles. The second-order valence-corrected chi connectivity index (χ2v) is 5.69. The maximum Gasteiger partial charge on any atom is 0.324 e. The fourth-order valence-electron chi connectivity index (χ4n) is 1.93. The largest absolute Gasteiger partial charge is 0.480 e. The number of H-pyrrole nitrogens is 1. The van der Waals surface area contributed by atoms with Crippen molar-refractivity contribution in [3.63, 3.8) is 0 Å². The first-order chi connectivity index (χ1) is 9.05. The first-order valence-electron chi connectivity index (χ1n) is 6.24. The van der Waals surface area contributed by atoms with Crippen molar-refractivity contribution in [2.75, 3.05) is 12.3 Å². The van der Waals surface area contributed by atoms with E-state index in [-0.39, 0.29) is 0 Å². The van der Waals surface area contributed by atoms with E-state index in [0.717, 1.165) is 15.9 Å². The molecule has 0 bridgehead atoms. The van der Waals surface area contributed by atoms with Gasteiger partial charge in [-0.3, -0.25) is 4.79 Å². The van der Waals surface area contributed by atoms with Crippen molar-refractivity contribution in [3.8, 4) is 0 Å². The maximum absolute atomic E-state index is 11.3. The van der Waals surface area contributed by atoms with Crippen molar-refractivity contribution in [2.45, 2.75) is 24.4 Å². The van der Waals surface area contributed by atoms with E-state index in [0.29, 0.717) is 12.3 Å². The highest BCUT2D eigenvalue weighted by atomic mass is 32.2. The van der Waals surface area contributed by atoms with E-state index >= 15 is 0 Å². The van der Waals surface area contributed by atoms with Gasteiger partial charge in [0.05, 0.1) is 5.03 Å². The summed E-state index contributed by atoms with van der Waals surface area (Å²) in [4.78, 5) is 14.6. The molecule has 0 saturated heterocycles. The number of aromatic amines is 1. The molecule has 1 aromatic heterocycles. The van der Waals surface area contributed by atoms with Gasteiger partial charge in [-0.2, -0.15) is 0 Å². The highest BCUT2D eigenvalue weighted by Crippen LogP contribution is 2.26. The van der Waals surface area contributed by atoms with Crippen LogP contribution in [0.15, 0.2) is 35.4 Å². The average Bonchev–Trinajstić information content (AvgIpc) is 2.79. The van der Waals surface area contributed by atoms with Crippen LogP contribution < -0.4 is 5.32 Å². The average molecular weight is 278 g/mol. The van der Waals surface area contributed by atoms with Crippen molar-refractivity contribution in [2.24, 2.45) is 0 Å². The molecule has 1 atom stereocenters. The fourth-order valence-corrected chi connectivity index (χ4v) is 2.99. The van der Waals surface area contributed by atoms with E-state index in [2.05, 4.69) is 10.3 Å². The minimum absolute atomic E-state index is 0.475. The Morgan fingerprint density at radius 3 is 2.84 bits per heavy atom. The normalized spacial score (nSPS) is 14.4. The molecule has 2 rings (SSSR count). The van der Waals surface area contributed by atoms with Crippen LogP contribution in [-0.2, 0) is 4.79 Å². The molecule has 0 aliphatic rings. The number of para-hydroxylation sites is 1. The summed E-state index contributed by atoms with van der Waals surface area (Å²) < 4.78 is 0. The summed E-state index contributed by atoms with van der Waals surface area (Å²) in [6.45, 7) is 4.26. The molecule has 2 aromatic rings. The Hall–Kier alpha value is -1.46. The van der Waals surface area contributed by atoms with Gasteiger partial charge in [-0.25, -0.2) is 0 Å². The lowest BCUT2D eigenvalue weighted by Crippen LogP contribution is -2.51. The number of carboxylic acid groups (broad SMARTS) is 1. The van der Waals surface area contributed by atoms with Gasteiger partial charge in [0.2, 0.25) is 0 Å². The number of carboxylic acids is 1. The molecule has 0 radical (unpaired) electrons. The molecular weight excluding hydrogens is 260 g/mol. The van der Waals surface area contributed by atoms with Crippen LogP contribution in [0.25, 0.3) is 10.9 Å². The Bertz CT molecular complexity index is 549. The van der Waals surface area contributed by atoms with Crippen molar-refractivity contribution in [3.05, 3.63) is 30.3 Å². The van der Waals surface area contributed by atoms with Crippen LogP contribution in [0.2, 0.25) is 0 Å². The molecule has 0 aliphatic carbocycles. The van der Waals surface area contributed by atoms with Gasteiger partial charge in [-0.05, 0) is 25.6 Å². The van der Waals surface area contributed by atoms with Gasteiger partial charge in [0.1, 0.15) is 5.54 Å². The minimum Gasteiger partial charge on any atom is -0.480 e. The summed E-state index contributed by atoms with van der Waals surface area (Å²) in [7, 11) is 0. The summed E-state index contributed by atoms with van der Waals surface area (Å²) in [6, 6.07) is 10.1. The number of hydrogen-bond acceptors (Lipinski definition) is 3. The molecule has 0 saturated carbocycles. The van der Waals surface area contributed by atoms with Gasteiger partial charge in [0.25, 0.3) is 0 Å². The third kappa shape index (κ3) is 3.11. The first kappa shape index (κ1) is 14.0. The molecule has 1 unspecified atom stereocenters. The van der Waals surface area contributed by atoms with E-state index in [9.17, 15) is 9.90 Å².